The molecule has 2 amide bonds. The van der Waals surface area contributed by atoms with Gasteiger partial charge in [-0.15, -0.1) is 0 Å². The summed E-state index contributed by atoms with van der Waals surface area (Å²) in [7, 11) is 1.62. The Bertz CT molecular complexity index is 1160. The first-order valence-corrected chi connectivity index (χ1v) is 10.1. The summed E-state index contributed by atoms with van der Waals surface area (Å²) in [6, 6.07) is 13.5. The van der Waals surface area contributed by atoms with Gasteiger partial charge in [-0.1, -0.05) is 19.1 Å². The van der Waals surface area contributed by atoms with Crippen LogP contribution in [0.25, 0.3) is 0 Å². The van der Waals surface area contributed by atoms with Crippen molar-refractivity contribution in [1.29, 1.82) is 0 Å². The molecule has 0 aliphatic carbocycles. The number of nitrogens with zero attached hydrogens (tertiary/aromatic N) is 2. The van der Waals surface area contributed by atoms with Crippen molar-refractivity contribution in [3.05, 3.63) is 100.0 Å². The van der Waals surface area contributed by atoms with Gasteiger partial charge >= 0.3 is 0 Å². The van der Waals surface area contributed by atoms with E-state index in [-0.39, 0.29) is 29.9 Å². The van der Waals surface area contributed by atoms with Crippen LogP contribution in [0.4, 0.5) is 14.5 Å². The molecule has 0 saturated heterocycles. The minimum absolute atomic E-state index is 0.176. The van der Waals surface area contributed by atoms with Crippen molar-refractivity contribution >= 4 is 17.5 Å². The predicted molar refractivity (Wildman–Crippen MR) is 117 cm³/mol. The number of halogens is 2. The van der Waals surface area contributed by atoms with Crippen molar-refractivity contribution in [3.63, 3.8) is 0 Å². The Labute approximate surface area is 184 Å². The second-order valence-corrected chi connectivity index (χ2v) is 7.33. The summed E-state index contributed by atoms with van der Waals surface area (Å²) in [6.45, 7) is 1.65. The van der Waals surface area contributed by atoms with Gasteiger partial charge in [-0.3, -0.25) is 14.4 Å². The quantitative estimate of drug-likeness (QED) is 0.605. The van der Waals surface area contributed by atoms with Crippen molar-refractivity contribution in [3.8, 4) is 0 Å². The van der Waals surface area contributed by atoms with Crippen LogP contribution in [0.2, 0.25) is 0 Å². The molecule has 6 nitrogen and oxygen atoms in total. The first-order chi connectivity index (χ1) is 15.3. The zero-order valence-corrected chi connectivity index (χ0v) is 17.7. The van der Waals surface area contributed by atoms with E-state index >= 15 is 0 Å². The van der Waals surface area contributed by atoms with E-state index in [2.05, 4.69) is 5.32 Å². The van der Waals surface area contributed by atoms with Crippen molar-refractivity contribution < 1.29 is 18.4 Å². The van der Waals surface area contributed by atoms with E-state index in [0.717, 1.165) is 10.1 Å². The molecule has 1 atom stereocenters. The molecule has 0 aliphatic rings. The van der Waals surface area contributed by atoms with E-state index in [9.17, 15) is 23.2 Å². The fraction of sp³-hybridized carbons (Fsp3) is 0.208. The van der Waals surface area contributed by atoms with Crippen molar-refractivity contribution in [2.45, 2.75) is 25.9 Å². The van der Waals surface area contributed by atoms with E-state index in [1.165, 1.54) is 59.6 Å². The summed E-state index contributed by atoms with van der Waals surface area (Å²) in [5, 5.41) is 2.61. The van der Waals surface area contributed by atoms with Crippen LogP contribution in [0.3, 0.4) is 0 Å². The highest BCUT2D eigenvalue weighted by Crippen LogP contribution is 2.23. The van der Waals surface area contributed by atoms with Gasteiger partial charge in [-0.2, -0.15) is 0 Å². The molecule has 1 N–H and O–H groups in total. The van der Waals surface area contributed by atoms with Gasteiger partial charge in [0.2, 0.25) is 5.91 Å². The van der Waals surface area contributed by atoms with Crippen LogP contribution in [0.1, 0.15) is 35.3 Å². The molecule has 1 heterocycles. The Balaban J connectivity index is 1.75. The molecule has 0 fully saturated rings. The molecule has 166 valence electrons. The van der Waals surface area contributed by atoms with E-state index in [0.29, 0.717) is 12.1 Å². The average Bonchev–Trinajstić information content (AvgIpc) is 2.78. The number of carbonyl (C=O) groups excluding carboxylic acids is 2. The number of benzene rings is 2. The van der Waals surface area contributed by atoms with Crippen LogP contribution in [-0.4, -0.2) is 28.3 Å². The topological polar surface area (TPSA) is 71.4 Å². The van der Waals surface area contributed by atoms with Crippen molar-refractivity contribution in [2.24, 2.45) is 0 Å². The highest BCUT2D eigenvalue weighted by atomic mass is 19.1. The molecular weight excluding hydrogens is 416 g/mol. The maximum Gasteiger partial charge on any atom is 0.257 e. The van der Waals surface area contributed by atoms with Crippen LogP contribution >= 0.6 is 0 Å². The SMILES string of the molecule is CCC(c1ccc(F)cc1)N(C)C(=O)Cn1cc(C(=O)Nc2ccc(F)cc2)ccc1=O. The average molecular weight is 439 g/mol. The number of amides is 2. The van der Waals surface area contributed by atoms with Crippen molar-refractivity contribution in [1.82, 2.24) is 9.47 Å². The zero-order chi connectivity index (χ0) is 23.3. The molecule has 0 radical (unpaired) electrons. The molecule has 8 heteroatoms. The van der Waals surface area contributed by atoms with Gasteiger partial charge in [0.1, 0.15) is 18.2 Å². The van der Waals surface area contributed by atoms with Gasteiger partial charge in [0.25, 0.3) is 11.5 Å². The number of pyridine rings is 1. The highest BCUT2D eigenvalue weighted by Gasteiger charge is 2.21. The third-order valence-electron chi connectivity index (χ3n) is 5.16. The lowest BCUT2D eigenvalue weighted by molar-refractivity contribution is -0.132. The lowest BCUT2D eigenvalue weighted by atomic mass is 10.0. The standard InChI is InChI=1S/C24H23F2N3O3/c1-3-21(16-4-7-18(25)8-5-16)28(2)23(31)15-29-14-17(6-13-22(29)30)24(32)27-20-11-9-19(26)10-12-20/h4-14,21H,3,15H2,1-2H3,(H,27,32). The summed E-state index contributed by atoms with van der Waals surface area (Å²) >= 11 is 0. The summed E-state index contributed by atoms with van der Waals surface area (Å²) < 4.78 is 27.4. The Morgan fingerprint density at radius 2 is 1.56 bits per heavy atom. The van der Waals surface area contributed by atoms with Gasteiger partial charge in [0.15, 0.2) is 0 Å². The number of likely N-dealkylation sites (N-methyl/N-ethyl adjacent to an activating group) is 1. The largest absolute Gasteiger partial charge is 0.337 e. The Morgan fingerprint density at radius 3 is 2.16 bits per heavy atom. The second-order valence-electron chi connectivity index (χ2n) is 7.33. The van der Waals surface area contributed by atoms with Gasteiger partial charge in [-0.05, 0) is 54.4 Å². The molecule has 1 unspecified atom stereocenters. The molecular formula is C24H23F2N3O3. The fourth-order valence-corrected chi connectivity index (χ4v) is 3.37. The lowest BCUT2D eigenvalue weighted by Gasteiger charge is -2.28. The first kappa shape index (κ1) is 22.9. The Hall–Kier alpha value is -3.81. The normalized spacial score (nSPS) is 11.6. The molecule has 3 rings (SSSR count). The molecule has 1 aromatic heterocycles. The van der Waals surface area contributed by atoms with E-state index in [4.69, 9.17) is 0 Å². The van der Waals surface area contributed by atoms with Crippen LogP contribution in [0, 0.1) is 11.6 Å². The molecule has 3 aromatic rings. The lowest BCUT2D eigenvalue weighted by Crippen LogP contribution is -2.36. The monoisotopic (exact) mass is 439 g/mol. The van der Waals surface area contributed by atoms with E-state index < -0.39 is 17.3 Å². The zero-order valence-electron chi connectivity index (χ0n) is 17.7. The van der Waals surface area contributed by atoms with Gasteiger partial charge < -0.3 is 14.8 Å². The maximum atomic E-state index is 13.2. The summed E-state index contributed by atoms with van der Waals surface area (Å²) in [5.74, 6) is -1.62. The molecule has 0 saturated carbocycles. The number of carbonyl (C=O) groups is 2. The summed E-state index contributed by atoms with van der Waals surface area (Å²) in [4.78, 5) is 39.1. The Kier molecular flexibility index (Phi) is 7.14. The predicted octanol–water partition coefficient (Wildman–Crippen LogP) is 3.99. The number of nitrogens with one attached hydrogen (secondary N) is 1. The van der Waals surface area contributed by atoms with Crippen LogP contribution in [0.5, 0.6) is 0 Å². The Morgan fingerprint density at radius 1 is 0.969 bits per heavy atom. The second kappa shape index (κ2) is 10.00. The van der Waals surface area contributed by atoms with Gasteiger partial charge in [-0.25, -0.2) is 8.78 Å². The maximum absolute atomic E-state index is 13.2. The number of rotatable bonds is 7. The number of anilines is 1. The van der Waals surface area contributed by atoms with E-state index in [1.807, 2.05) is 6.92 Å². The highest BCUT2D eigenvalue weighted by molar-refractivity contribution is 6.04. The minimum Gasteiger partial charge on any atom is -0.337 e. The smallest absolute Gasteiger partial charge is 0.257 e. The van der Waals surface area contributed by atoms with Crippen LogP contribution in [0.15, 0.2) is 71.7 Å². The minimum atomic E-state index is -0.496. The van der Waals surface area contributed by atoms with E-state index in [1.54, 1.807) is 19.2 Å². The number of hydrogen-bond donors (Lipinski definition) is 1. The molecule has 0 spiro atoms. The van der Waals surface area contributed by atoms with Crippen molar-refractivity contribution in [2.75, 3.05) is 12.4 Å². The third-order valence-corrected chi connectivity index (χ3v) is 5.16. The first-order valence-electron chi connectivity index (χ1n) is 10.1. The molecule has 32 heavy (non-hydrogen) atoms. The number of aromatic nitrogens is 1. The van der Waals surface area contributed by atoms with Crippen LogP contribution in [-0.2, 0) is 11.3 Å². The number of hydrogen-bond acceptors (Lipinski definition) is 3. The molecule has 0 bridgehead atoms. The molecule has 2 aromatic carbocycles. The fourth-order valence-electron chi connectivity index (χ4n) is 3.37. The summed E-state index contributed by atoms with van der Waals surface area (Å²) in [5.41, 5.74) is 0.925. The van der Waals surface area contributed by atoms with Crippen LogP contribution < -0.4 is 10.9 Å². The molecule has 0 aliphatic heterocycles. The van der Waals surface area contributed by atoms with Gasteiger partial charge in [0, 0.05) is 25.0 Å². The third kappa shape index (κ3) is 5.46. The van der Waals surface area contributed by atoms with Gasteiger partial charge in [0.05, 0.1) is 11.6 Å². The summed E-state index contributed by atoms with van der Waals surface area (Å²) in [6.07, 6.45) is 1.91.